The summed E-state index contributed by atoms with van der Waals surface area (Å²) in [4.78, 5) is 15.5. The average Bonchev–Trinajstić information content (AvgIpc) is 3.65. The van der Waals surface area contributed by atoms with Crippen LogP contribution in [0.1, 0.15) is 30.9 Å². The number of ether oxygens (including phenoxy) is 1. The predicted molar refractivity (Wildman–Crippen MR) is 146 cm³/mol. The van der Waals surface area contributed by atoms with Crippen molar-refractivity contribution in [3.8, 4) is 11.6 Å². The number of hydrogen-bond acceptors (Lipinski definition) is 7. The Morgan fingerprint density at radius 3 is 2.62 bits per heavy atom. The molecule has 3 heterocycles. The molecule has 2 atom stereocenters. The van der Waals surface area contributed by atoms with Crippen LogP contribution in [-0.2, 0) is 0 Å². The van der Waals surface area contributed by atoms with Crippen LogP contribution in [0.15, 0.2) is 60.4 Å². The number of para-hydroxylation sites is 1. The molecule has 0 bridgehead atoms. The van der Waals surface area contributed by atoms with Crippen molar-refractivity contribution in [3.05, 3.63) is 83.2 Å². The third kappa shape index (κ3) is 6.02. The lowest BCUT2D eigenvalue weighted by molar-refractivity contribution is 0.0265. The summed E-state index contributed by atoms with van der Waals surface area (Å²) in [6.07, 6.45) is 1.85. The zero-order chi connectivity index (χ0) is 28.4. The van der Waals surface area contributed by atoms with Crippen molar-refractivity contribution >= 4 is 11.8 Å². The minimum Gasteiger partial charge on any atom is -0.473 e. The number of anilines is 1. The van der Waals surface area contributed by atoms with E-state index in [-0.39, 0.29) is 18.4 Å². The Kier molecular flexibility index (Phi) is 7.63. The number of nitrogens with one attached hydrogen (secondary N) is 4. The highest BCUT2D eigenvalue weighted by Crippen LogP contribution is 2.32. The van der Waals surface area contributed by atoms with Crippen LogP contribution in [0, 0.1) is 18.6 Å². The lowest BCUT2D eigenvalue weighted by Crippen LogP contribution is -2.42. The van der Waals surface area contributed by atoms with Gasteiger partial charge in [-0.25, -0.2) is 23.7 Å². The van der Waals surface area contributed by atoms with Crippen molar-refractivity contribution in [1.29, 1.82) is 0 Å². The maximum absolute atomic E-state index is 14.1. The topological polar surface area (TPSA) is 116 Å². The molecule has 212 valence electrons. The number of urea groups is 1. The zero-order valence-corrected chi connectivity index (χ0v) is 22.5. The number of aromatic nitrogens is 2. The van der Waals surface area contributed by atoms with E-state index in [1.807, 2.05) is 36.5 Å². The minimum absolute atomic E-state index is 0.0126. The summed E-state index contributed by atoms with van der Waals surface area (Å²) < 4.78 is 35.2. The molecule has 3 aromatic rings. The highest BCUT2D eigenvalue weighted by molar-refractivity contribution is 5.90. The molecule has 2 aromatic carbocycles. The van der Waals surface area contributed by atoms with Gasteiger partial charge in [-0.3, -0.25) is 5.32 Å². The molecule has 1 aromatic heterocycles. The first-order valence-corrected chi connectivity index (χ1v) is 13.0. The van der Waals surface area contributed by atoms with Crippen LogP contribution >= 0.6 is 0 Å². The smallest absolute Gasteiger partial charge is 0.320 e. The van der Waals surface area contributed by atoms with Gasteiger partial charge in [0, 0.05) is 30.9 Å². The monoisotopic (exact) mass is 553 g/mol. The van der Waals surface area contributed by atoms with Crippen molar-refractivity contribution in [1.82, 2.24) is 30.8 Å². The number of aliphatic hydroxyl groups is 1. The summed E-state index contributed by atoms with van der Waals surface area (Å²) in [5.41, 5.74) is 7.81. The maximum Gasteiger partial charge on any atom is 0.320 e. The fourth-order valence-corrected chi connectivity index (χ4v) is 4.87. The number of halogens is 2. The number of benzene rings is 2. The molecule has 2 amide bonds. The second-order valence-corrected chi connectivity index (χ2v) is 10.7. The van der Waals surface area contributed by atoms with E-state index in [2.05, 4.69) is 31.5 Å². The quantitative estimate of drug-likeness (QED) is 0.291. The Morgan fingerprint density at radius 2 is 1.95 bits per heavy atom. The molecule has 40 heavy (non-hydrogen) atoms. The summed E-state index contributed by atoms with van der Waals surface area (Å²) in [5, 5.41) is 20.6. The van der Waals surface area contributed by atoms with E-state index in [0.717, 1.165) is 11.8 Å². The molecule has 0 spiro atoms. The summed E-state index contributed by atoms with van der Waals surface area (Å²) in [5.74, 6) is -1.45. The van der Waals surface area contributed by atoms with Crippen LogP contribution in [0.4, 0.5) is 19.4 Å². The van der Waals surface area contributed by atoms with Crippen molar-refractivity contribution in [2.24, 2.45) is 0 Å². The van der Waals surface area contributed by atoms with Crippen LogP contribution in [0.2, 0.25) is 0 Å². The Morgan fingerprint density at radius 1 is 1.18 bits per heavy atom. The molecule has 2 aliphatic heterocycles. The lowest BCUT2D eigenvalue weighted by atomic mass is 9.94. The van der Waals surface area contributed by atoms with Crippen molar-refractivity contribution in [3.63, 3.8) is 0 Å². The molecule has 2 aliphatic rings. The molecule has 5 rings (SSSR count). The normalized spacial score (nSPS) is 18.9. The van der Waals surface area contributed by atoms with Crippen LogP contribution in [-0.4, -0.2) is 63.7 Å². The van der Waals surface area contributed by atoms with Gasteiger partial charge >= 0.3 is 6.03 Å². The van der Waals surface area contributed by atoms with Crippen LogP contribution in [0.5, 0.6) is 5.88 Å². The molecular formula is C28H33F2N7O3. The molecule has 5 N–H and O–H groups in total. The Labute approximate surface area is 231 Å². The van der Waals surface area contributed by atoms with E-state index in [0.29, 0.717) is 42.3 Å². The van der Waals surface area contributed by atoms with Crippen LogP contribution in [0.25, 0.3) is 5.69 Å². The molecule has 12 heteroatoms. The molecule has 0 saturated carbocycles. The number of likely N-dealkylation sites (tertiary alicyclic amines) is 1. The third-order valence-corrected chi connectivity index (χ3v) is 6.90. The predicted octanol–water partition coefficient (Wildman–Crippen LogP) is 3.15. The number of hydrogen-bond donors (Lipinski definition) is 5. The fourth-order valence-electron chi connectivity index (χ4n) is 4.87. The highest BCUT2D eigenvalue weighted by atomic mass is 19.2. The highest BCUT2D eigenvalue weighted by Gasteiger charge is 2.37. The number of hydrazine groups is 1. The number of nitrogens with zero attached hydrogens (tertiary/aromatic N) is 3. The molecular weight excluding hydrogens is 520 g/mol. The molecule has 0 unspecified atom stereocenters. The first kappa shape index (κ1) is 27.4. The Bertz CT molecular complexity index is 1400. The number of rotatable bonds is 8. The second kappa shape index (κ2) is 11.1. The number of amides is 2. The molecule has 10 nitrogen and oxygen atoms in total. The van der Waals surface area contributed by atoms with Crippen LogP contribution in [0.3, 0.4) is 0 Å². The van der Waals surface area contributed by atoms with E-state index in [1.165, 1.54) is 6.07 Å². The van der Waals surface area contributed by atoms with Gasteiger partial charge in [0.2, 0.25) is 5.88 Å². The second-order valence-electron chi connectivity index (χ2n) is 10.7. The van der Waals surface area contributed by atoms with Gasteiger partial charge in [-0.15, -0.1) is 5.10 Å². The van der Waals surface area contributed by atoms with Crippen molar-refractivity contribution < 1.29 is 23.4 Å². The van der Waals surface area contributed by atoms with E-state index < -0.39 is 29.3 Å². The van der Waals surface area contributed by atoms with Gasteiger partial charge in [0.05, 0.1) is 29.4 Å². The van der Waals surface area contributed by atoms with E-state index in [9.17, 15) is 18.7 Å². The molecule has 0 aliphatic carbocycles. The largest absolute Gasteiger partial charge is 0.473 e. The van der Waals surface area contributed by atoms with Crippen LogP contribution < -0.4 is 26.2 Å². The van der Waals surface area contributed by atoms with Crippen molar-refractivity contribution in [2.45, 2.75) is 38.3 Å². The van der Waals surface area contributed by atoms with Gasteiger partial charge in [0.15, 0.2) is 11.6 Å². The molecule has 1 saturated heterocycles. The fraction of sp³-hybridized carbons (Fsp3) is 0.357. The van der Waals surface area contributed by atoms with Gasteiger partial charge in [0.25, 0.3) is 0 Å². The maximum atomic E-state index is 14.1. The minimum atomic E-state index is -1.07. The summed E-state index contributed by atoms with van der Waals surface area (Å²) in [7, 11) is 0. The standard InChI is InChI=1S/C28H33F2N7O3/c1-17-25(37(19-7-5-4-6-8-19)35-26(17)40-16-28(2,3)39)34-27(38)33-24-15-36(20-12-31-32-13-20)14-21(24)18-9-10-22(29)23(30)11-18/h4-12,21,24,31-32,39H,13-16H2,1-3H3,(H2,33,34,38)/t21-,24+/m0/s1. The summed E-state index contributed by atoms with van der Waals surface area (Å²) in [6.45, 7) is 6.64. The van der Waals surface area contributed by atoms with Crippen molar-refractivity contribution in [2.75, 3.05) is 31.6 Å². The summed E-state index contributed by atoms with van der Waals surface area (Å²) >= 11 is 0. The molecule has 1 fully saturated rings. The SMILES string of the molecule is Cc1c(OCC(C)(C)O)nn(-c2ccccc2)c1NC(=O)N[C@@H]1CN(C2=CNNC2)C[C@H]1c1ccc(F)c(F)c1. The zero-order valence-electron chi connectivity index (χ0n) is 22.5. The van der Waals surface area contributed by atoms with Gasteiger partial charge in [-0.1, -0.05) is 24.3 Å². The van der Waals surface area contributed by atoms with E-state index in [1.54, 1.807) is 31.5 Å². The molecule has 0 radical (unpaired) electrons. The average molecular weight is 554 g/mol. The van der Waals surface area contributed by atoms with E-state index >= 15 is 0 Å². The Balaban J connectivity index is 1.39. The Hall–Kier alpha value is -4.16. The summed E-state index contributed by atoms with van der Waals surface area (Å²) in [6, 6.07) is 12.3. The van der Waals surface area contributed by atoms with Gasteiger partial charge < -0.3 is 25.5 Å². The third-order valence-electron chi connectivity index (χ3n) is 6.90. The van der Waals surface area contributed by atoms with E-state index in [4.69, 9.17) is 4.74 Å². The number of carbonyl (C=O) groups is 1. The van der Waals surface area contributed by atoms with Gasteiger partial charge in [0.1, 0.15) is 12.4 Å². The number of carbonyl (C=O) groups excluding carboxylic acids is 1. The lowest BCUT2D eigenvalue weighted by Gasteiger charge is -2.21. The van der Waals surface area contributed by atoms with Gasteiger partial charge in [-0.2, -0.15) is 0 Å². The first-order chi connectivity index (χ1) is 19.1. The first-order valence-electron chi connectivity index (χ1n) is 13.0. The van der Waals surface area contributed by atoms with Gasteiger partial charge in [-0.05, 0) is 50.6 Å².